The Kier molecular flexibility index (Phi) is 10.4. The van der Waals surface area contributed by atoms with Crippen molar-refractivity contribution in [3.05, 3.63) is 19.3 Å². The number of nitrogens with zero attached hydrogens (tertiary/aromatic N) is 2. The molecule has 0 radical (unpaired) electrons. The van der Waals surface area contributed by atoms with Gasteiger partial charge < -0.3 is 19.3 Å². The van der Waals surface area contributed by atoms with E-state index in [1.807, 2.05) is 53.7 Å². The van der Waals surface area contributed by atoms with E-state index in [0.717, 1.165) is 20.0 Å². The zero-order chi connectivity index (χ0) is 28.4. The molecule has 3 rings (SSSR count). The van der Waals surface area contributed by atoms with Crippen molar-refractivity contribution in [2.24, 2.45) is 11.8 Å². The number of rotatable bonds is 4. The monoisotopic (exact) mass is 754 g/mol. The molecule has 10 heteroatoms. The number of hydrogen-bond acceptors (Lipinski definition) is 6. The van der Waals surface area contributed by atoms with E-state index in [9.17, 15) is 19.2 Å². The molecule has 0 spiro atoms. The van der Waals surface area contributed by atoms with Gasteiger partial charge in [0.05, 0.1) is 19.2 Å². The van der Waals surface area contributed by atoms with Crippen LogP contribution in [0.15, 0.2) is 19.3 Å². The Labute approximate surface area is 253 Å². The van der Waals surface area contributed by atoms with Crippen molar-refractivity contribution in [2.75, 3.05) is 13.1 Å². The van der Waals surface area contributed by atoms with Gasteiger partial charge in [-0.3, -0.25) is 9.59 Å². The van der Waals surface area contributed by atoms with Gasteiger partial charge in [0.25, 0.3) is 0 Å². The highest BCUT2D eigenvalue weighted by Crippen LogP contribution is 2.34. The third-order valence-electron chi connectivity index (χ3n) is 6.88. The Balaban J connectivity index is 1.92. The topological polar surface area (TPSA) is 93.2 Å². The smallest absolute Gasteiger partial charge is 0.410 e. The summed E-state index contributed by atoms with van der Waals surface area (Å²) in [5.74, 6) is 0.554. The second-order valence-electron chi connectivity index (χ2n) is 12.5. The lowest BCUT2D eigenvalue weighted by Crippen LogP contribution is -2.62. The van der Waals surface area contributed by atoms with E-state index in [0.29, 0.717) is 38.8 Å². The molecule has 2 unspecified atom stereocenters. The van der Waals surface area contributed by atoms with Crippen molar-refractivity contribution < 1.29 is 28.7 Å². The van der Waals surface area contributed by atoms with Crippen molar-refractivity contribution in [1.29, 1.82) is 0 Å². The molecule has 1 heterocycles. The second-order valence-corrected chi connectivity index (χ2v) is 14.8. The molecule has 4 atom stereocenters. The lowest BCUT2D eigenvalue weighted by Gasteiger charge is -2.47. The molecule has 0 N–H and O–H groups in total. The lowest BCUT2D eigenvalue weighted by molar-refractivity contribution is -0.116. The van der Waals surface area contributed by atoms with Gasteiger partial charge >= 0.3 is 12.2 Å². The summed E-state index contributed by atoms with van der Waals surface area (Å²) in [5.41, 5.74) is -1.32. The van der Waals surface area contributed by atoms with Gasteiger partial charge in [0.1, 0.15) is 11.2 Å². The Morgan fingerprint density at radius 2 is 1.11 bits per heavy atom. The number of halogens is 2. The Morgan fingerprint density at radius 1 is 0.763 bits per heavy atom. The summed E-state index contributed by atoms with van der Waals surface area (Å²) < 4.78 is 13.1. The van der Waals surface area contributed by atoms with E-state index in [2.05, 4.69) is 45.2 Å². The van der Waals surface area contributed by atoms with Gasteiger partial charge in [-0.2, -0.15) is 0 Å². The van der Waals surface area contributed by atoms with Gasteiger partial charge in [0.15, 0.2) is 11.6 Å². The first-order valence-electron chi connectivity index (χ1n) is 13.3. The first-order valence-corrected chi connectivity index (χ1v) is 15.5. The summed E-state index contributed by atoms with van der Waals surface area (Å²) in [4.78, 5) is 54.6. The minimum Gasteiger partial charge on any atom is -0.444 e. The van der Waals surface area contributed by atoms with Crippen molar-refractivity contribution in [1.82, 2.24) is 9.80 Å². The fourth-order valence-electron chi connectivity index (χ4n) is 5.15. The number of amides is 2. The number of ketones is 2. The van der Waals surface area contributed by atoms with Gasteiger partial charge in [-0.15, -0.1) is 0 Å². The first-order chi connectivity index (χ1) is 17.5. The molecule has 212 valence electrons. The maximum Gasteiger partial charge on any atom is 0.410 e. The number of Topliss-reactive ketones (excluding diaryl/α,β-unsaturated/α-hetero) is 2. The van der Waals surface area contributed by atoms with Crippen LogP contribution < -0.4 is 0 Å². The van der Waals surface area contributed by atoms with Crippen LogP contribution in [0, 0.1) is 11.8 Å². The first kappa shape index (κ1) is 31.3. The maximum absolute atomic E-state index is 13.5. The minimum absolute atomic E-state index is 0.125. The average Bonchev–Trinajstić information content (AvgIpc) is 2.77. The number of carbonyl (C=O) groups excluding carboxylic acids is 4. The molecule has 2 amide bonds. The second kappa shape index (κ2) is 12.6. The van der Waals surface area contributed by atoms with Crippen LogP contribution in [0.5, 0.6) is 0 Å². The molecular weight excluding hydrogens is 714 g/mol. The summed E-state index contributed by atoms with van der Waals surface area (Å²) in [7, 11) is 0. The molecule has 0 saturated carbocycles. The third-order valence-corrected chi connectivity index (χ3v) is 8.81. The molecule has 1 fully saturated rings. The van der Waals surface area contributed by atoms with Crippen LogP contribution in [0.2, 0.25) is 0 Å². The Bertz CT molecular complexity index is 930. The average molecular weight is 754 g/mol. The van der Waals surface area contributed by atoms with Crippen molar-refractivity contribution in [2.45, 2.75) is 103 Å². The van der Waals surface area contributed by atoms with E-state index in [4.69, 9.17) is 9.47 Å². The summed E-state index contributed by atoms with van der Waals surface area (Å²) in [5, 5.41) is 0. The molecule has 0 bridgehead atoms. The predicted octanol–water partition coefficient (Wildman–Crippen LogP) is 6.59. The predicted molar refractivity (Wildman–Crippen MR) is 162 cm³/mol. The SMILES string of the molecule is CC(C)(C)OC(=O)N1C[C@H](CC2C=C(I)C(=O)CC2)N(C(=O)OC(C)(C)C)C[C@@H]1CC1C=C(I)C(=O)CC1. The van der Waals surface area contributed by atoms with Crippen LogP contribution in [0.3, 0.4) is 0 Å². The molecule has 2 aliphatic carbocycles. The summed E-state index contributed by atoms with van der Waals surface area (Å²) in [6, 6.07) is -0.563. The fraction of sp³-hybridized carbons (Fsp3) is 0.714. The molecule has 0 aromatic rings. The van der Waals surface area contributed by atoms with Crippen LogP contribution in [-0.4, -0.2) is 69.9 Å². The number of carbonyl (C=O) groups is 4. The minimum atomic E-state index is -0.658. The number of allylic oxidation sites excluding steroid dienone is 4. The van der Waals surface area contributed by atoms with Gasteiger partial charge in [0.2, 0.25) is 0 Å². The maximum atomic E-state index is 13.5. The van der Waals surface area contributed by atoms with E-state index in [-0.39, 0.29) is 35.5 Å². The zero-order valence-corrected chi connectivity index (χ0v) is 27.5. The number of piperazine rings is 1. The highest BCUT2D eigenvalue weighted by molar-refractivity contribution is 14.1. The van der Waals surface area contributed by atoms with Crippen LogP contribution >= 0.6 is 45.2 Å². The van der Waals surface area contributed by atoms with Gasteiger partial charge in [-0.05, 0) is 124 Å². The van der Waals surface area contributed by atoms with Crippen molar-refractivity contribution >= 4 is 68.9 Å². The Hall–Kier alpha value is -1.18. The van der Waals surface area contributed by atoms with Crippen molar-refractivity contribution in [3.8, 4) is 0 Å². The molecular formula is C28H40I2N2O6. The summed E-state index contributed by atoms with van der Waals surface area (Å²) >= 11 is 4.17. The standard InChI is InChI=1S/C28H40I2N2O6/c1-27(2,3)37-25(35)31-15-20(12-18-8-10-24(34)22(30)14-18)32(26(36)38-28(4,5)6)16-19(31)11-17-7-9-23(33)21(29)13-17/h13-14,17-20H,7-12,15-16H2,1-6H3/t17?,18?,19-,20-/m0/s1. The number of hydrogen-bond donors (Lipinski definition) is 0. The van der Waals surface area contributed by atoms with Gasteiger partial charge in [-0.1, -0.05) is 12.2 Å². The van der Waals surface area contributed by atoms with Crippen LogP contribution in [0.25, 0.3) is 0 Å². The highest BCUT2D eigenvalue weighted by Gasteiger charge is 2.43. The van der Waals surface area contributed by atoms with E-state index in [1.54, 1.807) is 9.80 Å². The zero-order valence-electron chi connectivity index (χ0n) is 23.2. The molecule has 1 aliphatic heterocycles. The van der Waals surface area contributed by atoms with Crippen LogP contribution in [-0.2, 0) is 19.1 Å². The molecule has 8 nitrogen and oxygen atoms in total. The van der Waals surface area contributed by atoms with E-state index in [1.165, 1.54) is 0 Å². The molecule has 1 saturated heterocycles. The summed E-state index contributed by atoms with van der Waals surface area (Å²) in [6.45, 7) is 11.7. The van der Waals surface area contributed by atoms with Gasteiger partial charge in [-0.25, -0.2) is 9.59 Å². The Morgan fingerprint density at radius 3 is 1.39 bits per heavy atom. The lowest BCUT2D eigenvalue weighted by atomic mass is 9.85. The van der Waals surface area contributed by atoms with E-state index >= 15 is 0 Å². The molecule has 0 aromatic heterocycles. The highest BCUT2D eigenvalue weighted by atomic mass is 127. The quantitative estimate of drug-likeness (QED) is 0.301. The fourth-order valence-corrected chi connectivity index (χ4v) is 6.71. The van der Waals surface area contributed by atoms with Crippen molar-refractivity contribution in [3.63, 3.8) is 0 Å². The largest absolute Gasteiger partial charge is 0.444 e. The number of ether oxygens (including phenoxy) is 2. The molecule has 38 heavy (non-hydrogen) atoms. The summed E-state index contributed by atoms with van der Waals surface area (Å²) in [6.07, 6.45) is 6.87. The third kappa shape index (κ3) is 8.92. The van der Waals surface area contributed by atoms with Crippen LogP contribution in [0.4, 0.5) is 9.59 Å². The van der Waals surface area contributed by atoms with E-state index < -0.39 is 23.4 Å². The van der Waals surface area contributed by atoms with Crippen LogP contribution in [0.1, 0.15) is 80.1 Å². The molecule has 0 aromatic carbocycles. The van der Waals surface area contributed by atoms with Gasteiger partial charge in [0, 0.05) is 25.9 Å². The normalized spacial score (nSPS) is 27.1. The molecule has 3 aliphatic rings.